The average Bonchev–Trinajstić information content (AvgIpc) is 3.72. The van der Waals surface area contributed by atoms with Crippen molar-refractivity contribution in [2.75, 3.05) is 4.90 Å². The van der Waals surface area contributed by atoms with E-state index in [0.29, 0.717) is 0 Å². The molecule has 0 amide bonds. The third-order valence-electron chi connectivity index (χ3n) is 10.0. The fraction of sp³-hybridized carbons (Fsp3) is 0.0435. The highest BCUT2D eigenvalue weighted by Crippen LogP contribution is 2.44. The second-order valence-corrected chi connectivity index (χ2v) is 12.8. The van der Waals surface area contributed by atoms with Crippen molar-refractivity contribution in [3.8, 4) is 16.8 Å². The van der Waals surface area contributed by atoms with Gasteiger partial charge in [0.15, 0.2) is 0 Å². The SMILES string of the molecule is C1=Cc2c(oc3cccc(N(c4ccc(-c5cccc6ccccc56)cc4)c4ccc(-n5c6ccccc6c6ccccc65)cc4)c23)CC1. The highest BCUT2D eigenvalue weighted by molar-refractivity contribution is 6.09. The molecule has 0 spiro atoms. The van der Waals surface area contributed by atoms with E-state index in [-0.39, 0.29) is 0 Å². The zero-order chi connectivity index (χ0) is 32.3. The molecule has 0 saturated carbocycles. The molecule has 0 N–H and O–H groups in total. The van der Waals surface area contributed by atoms with E-state index in [1.807, 2.05) is 0 Å². The molecule has 3 nitrogen and oxygen atoms in total. The maximum Gasteiger partial charge on any atom is 0.137 e. The Morgan fingerprint density at radius 2 is 1.18 bits per heavy atom. The molecule has 49 heavy (non-hydrogen) atoms. The largest absolute Gasteiger partial charge is 0.460 e. The molecule has 0 bridgehead atoms. The molecular formula is C46H32N2O. The van der Waals surface area contributed by atoms with Crippen molar-refractivity contribution in [2.45, 2.75) is 12.8 Å². The van der Waals surface area contributed by atoms with Gasteiger partial charge in [-0.2, -0.15) is 0 Å². The summed E-state index contributed by atoms with van der Waals surface area (Å²) in [5, 5.41) is 6.19. The van der Waals surface area contributed by atoms with Gasteiger partial charge in [0.2, 0.25) is 0 Å². The van der Waals surface area contributed by atoms with Crippen LogP contribution in [0.15, 0.2) is 168 Å². The van der Waals surface area contributed by atoms with Gasteiger partial charge in [-0.1, -0.05) is 109 Å². The predicted molar refractivity (Wildman–Crippen MR) is 206 cm³/mol. The van der Waals surface area contributed by atoms with Gasteiger partial charge in [-0.25, -0.2) is 0 Å². The van der Waals surface area contributed by atoms with Crippen molar-refractivity contribution in [3.63, 3.8) is 0 Å². The first kappa shape index (κ1) is 27.8. The molecular weight excluding hydrogens is 597 g/mol. The number of para-hydroxylation sites is 2. The van der Waals surface area contributed by atoms with E-state index in [9.17, 15) is 0 Å². The number of allylic oxidation sites excluding steroid dienone is 1. The molecule has 0 radical (unpaired) electrons. The molecule has 1 aliphatic rings. The number of rotatable bonds is 5. The minimum atomic E-state index is 0.924. The molecule has 0 aliphatic heterocycles. The van der Waals surface area contributed by atoms with Crippen LogP contribution in [0.5, 0.6) is 0 Å². The van der Waals surface area contributed by atoms with Crippen molar-refractivity contribution in [1.82, 2.24) is 4.57 Å². The van der Waals surface area contributed by atoms with Crippen LogP contribution in [0.1, 0.15) is 17.7 Å². The second-order valence-electron chi connectivity index (χ2n) is 12.8. The molecule has 9 aromatic rings. The Morgan fingerprint density at radius 3 is 1.94 bits per heavy atom. The Kier molecular flexibility index (Phi) is 6.31. The van der Waals surface area contributed by atoms with Crippen LogP contribution in [0.4, 0.5) is 17.1 Å². The van der Waals surface area contributed by atoms with Crippen LogP contribution < -0.4 is 4.90 Å². The molecule has 7 aromatic carbocycles. The first-order valence-corrected chi connectivity index (χ1v) is 17.0. The summed E-state index contributed by atoms with van der Waals surface area (Å²) in [5.41, 5.74) is 11.4. The van der Waals surface area contributed by atoms with Crippen molar-refractivity contribution >= 4 is 66.7 Å². The topological polar surface area (TPSA) is 21.3 Å². The highest BCUT2D eigenvalue weighted by Gasteiger charge is 2.23. The van der Waals surface area contributed by atoms with Gasteiger partial charge in [-0.15, -0.1) is 0 Å². The van der Waals surface area contributed by atoms with E-state index in [1.54, 1.807) is 0 Å². The lowest BCUT2D eigenvalue weighted by Gasteiger charge is -2.27. The summed E-state index contributed by atoms with van der Waals surface area (Å²) in [6.45, 7) is 0. The van der Waals surface area contributed by atoms with E-state index in [1.165, 1.54) is 49.3 Å². The molecule has 10 rings (SSSR count). The molecule has 0 fully saturated rings. The summed E-state index contributed by atoms with van der Waals surface area (Å²) in [6.07, 6.45) is 6.43. The Balaban J connectivity index is 1.14. The number of fused-ring (bicyclic) bond motifs is 7. The van der Waals surface area contributed by atoms with E-state index >= 15 is 0 Å². The Hall–Kier alpha value is -6.32. The van der Waals surface area contributed by atoms with Crippen molar-refractivity contribution in [2.24, 2.45) is 0 Å². The molecule has 1 aliphatic carbocycles. The molecule has 0 saturated heterocycles. The fourth-order valence-electron chi connectivity index (χ4n) is 7.81. The third kappa shape index (κ3) is 4.43. The number of aryl methyl sites for hydroxylation is 1. The lowest BCUT2D eigenvalue weighted by molar-refractivity contribution is 0.546. The lowest BCUT2D eigenvalue weighted by atomic mass is 9.97. The molecule has 3 heteroatoms. The van der Waals surface area contributed by atoms with Gasteiger partial charge in [0, 0.05) is 39.8 Å². The van der Waals surface area contributed by atoms with Crippen molar-refractivity contribution in [3.05, 3.63) is 175 Å². The molecule has 232 valence electrons. The Morgan fingerprint density at radius 1 is 0.551 bits per heavy atom. The molecule has 0 unspecified atom stereocenters. The summed E-state index contributed by atoms with van der Waals surface area (Å²) in [6, 6.07) is 56.9. The van der Waals surface area contributed by atoms with Gasteiger partial charge in [0.25, 0.3) is 0 Å². The van der Waals surface area contributed by atoms with Crippen LogP contribution in [0.3, 0.4) is 0 Å². The zero-order valence-electron chi connectivity index (χ0n) is 26.9. The number of furan rings is 1. The average molecular weight is 629 g/mol. The Bertz CT molecular complexity index is 2650. The van der Waals surface area contributed by atoms with Crippen LogP contribution in [-0.2, 0) is 6.42 Å². The van der Waals surface area contributed by atoms with E-state index < -0.39 is 0 Å². The second kappa shape index (κ2) is 11.1. The minimum absolute atomic E-state index is 0.924. The van der Waals surface area contributed by atoms with Gasteiger partial charge in [-0.3, -0.25) is 0 Å². The van der Waals surface area contributed by atoms with Gasteiger partial charge >= 0.3 is 0 Å². The minimum Gasteiger partial charge on any atom is -0.460 e. The van der Waals surface area contributed by atoms with Gasteiger partial charge < -0.3 is 13.9 Å². The van der Waals surface area contributed by atoms with E-state index in [0.717, 1.165) is 52.3 Å². The first-order chi connectivity index (χ1) is 24.3. The van der Waals surface area contributed by atoms with Crippen molar-refractivity contribution < 1.29 is 4.42 Å². The van der Waals surface area contributed by atoms with Gasteiger partial charge in [0.05, 0.1) is 22.1 Å². The Labute approximate surface area is 284 Å². The van der Waals surface area contributed by atoms with Crippen LogP contribution in [0.2, 0.25) is 0 Å². The monoisotopic (exact) mass is 628 g/mol. The van der Waals surface area contributed by atoms with Crippen LogP contribution in [0.25, 0.3) is 66.4 Å². The maximum atomic E-state index is 6.44. The zero-order valence-corrected chi connectivity index (χ0v) is 26.9. The van der Waals surface area contributed by atoms with Crippen LogP contribution >= 0.6 is 0 Å². The number of anilines is 3. The normalized spacial score (nSPS) is 12.7. The summed E-state index contributed by atoms with van der Waals surface area (Å²) in [5.74, 6) is 1.07. The number of aromatic nitrogens is 1. The van der Waals surface area contributed by atoms with Crippen molar-refractivity contribution in [1.29, 1.82) is 0 Å². The lowest BCUT2D eigenvalue weighted by Crippen LogP contribution is -2.11. The van der Waals surface area contributed by atoms with Gasteiger partial charge in [-0.05, 0) is 89.0 Å². The molecule has 0 atom stereocenters. The van der Waals surface area contributed by atoms with E-state index in [2.05, 4.69) is 179 Å². The number of nitrogens with zero attached hydrogens (tertiary/aromatic N) is 2. The summed E-state index contributed by atoms with van der Waals surface area (Å²) in [7, 11) is 0. The highest BCUT2D eigenvalue weighted by atomic mass is 16.3. The quantitative estimate of drug-likeness (QED) is 0.189. The summed E-state index contributed by atoms with van der Waals surface area (Å²) in [4.78, 5) is 2.38. The van der Waals surface area contributed by atoms with Crippen LogP contribution in [0, 0.1) is 0 Å². The third-order valence-corrected chi connectivity index (χ3v) is 10.0. The summed E-state index contributed by atoms with van der Waals surface area (Å²) < 4.78 is 8.81. The molecule has 2 aromatic heterocycles. The molecule has 2 heterocycles. The number of hydrogen-bond acceptors (Lipinski definition) is 2. The summed E-state index contributed by atoms with van der Waals surface area (Å²) >= 11 is 0. The van der Waals surface area contributed by atoms with Gasteiger partial charge in [0.1, 0.15) is 11.3 Å². The number of benzene rings is 7. The number of hydrogen-bond donors (Lipinski definition) is 0. The van der Waals surface area contributed by atoms with E-state index in [4.69, 9.17) is 4.42 Å². The standard InChI is InChI=1S/C46H32N2O/c1-2-13-36-31(11-1)12-9-17-37(36)32-23-25-33(26-24-32)47(43-20-10-22-45-46(43)40-16-5-8-21-44(40)49-45)34-27-29-35(30-28-34)48-41-18-6-3-14-38(41)39-15-4-7-19-42(39)48/h1-7,9-20,22-30H,8,21H2. The van der Waals surface area contributed by atoms with Crippen LogP contribution in [-0.4, -0.2) is 4.57 Å². The fourth-order valence-corrected chi connectivity index (χ4v) is 7.81. The smallest absolute Gasteiger partial charge is 0.137 e. The maximum absolute atomic E-state index is 6.44. The first-order valence-electron chi connectivity index (χ1n) is 17.0. The predicted octanol–water partition coefficient (Wildman–Crippen LogP) is 12.8.